The summed E-state index contributed by atoms with van der Waals surface area (Å²) in [5, 5.41) is 0. The van der Waals surface area contributed by atoms with Gasteiger partial charge < -0.3 is 40.9 Å². The Kier molecular flexibility index (Phi) is 3020. The Morgan fingerprint density at radius 2 is 0.375 bits per heavy atom. The summed E-state index contributed by atoms with van der Waals surface area (Å²) in [5.74, 6) is 0. The van der Waals surface area contributed by atoms with Crippen LogP contribution >= 0.6 is 0 Å². The summed E-state index contributed by atoms with van der Waals surface area (Å²) in [6.07, 6.45) is 0. The second-order valence-electron chi connectivity index (χ2n) is 0. The van der Waals surface area contributed by atoms with Crippen LogP contribution in [0.1, 0.15) is 0 Å². The molecule has 0 saturated carbocycles. The molecule has 0 unspecified atom stereocenters. The third-order valence-electron chi connectivity index (χ3n) is 0. The van der Waals surface area contributed by atoms with Gasteiger partial charge in [-0.2, -0.15) is 0 Å². The van der Waals surface area contributed by atoms with Gasteiger partial charge in [-0.1, -0.05) is 0 Å². The van der Waals surface area contributed by atoms with Crippen LogP contribution < -0.4 is 59.1 Å². The van der Waals surface area contributed by atoms with Crippen LogP contribution in [0, 0.1) is 0 Å². The van der Waals surface area contributed by atoms with Crippen molar-refractivity contribution < 1.29 is 86.5 Å². The SMILES string of the molecule is O.O.O.O.O.[Na+].[Na+].[SH-]. The molecule has 8 heteroatoms. The van der Waals surface area contributed by atoms with Gasteiger partial charge in [-0.25, -0.2) is 0 Å². The van der Waals surface area contributed by atoms with Crippen molar-refractivity contribution in [2.75, 3.05) is 0 Å². The maximum absolute atomic E-state index is 0. The first kappa shape index (κ1) is 184. The van der Waals surface area contributed by atoms with Crippen LogP contribution in [-0.4, -0.2) is 27.4 Å². The van der Waals surface area contributed by atoms with Crippen molar-refractivity contribution in [2.45, 2.75) is 0 Å². The molecule has 8 heavy (non-hydrogen) atoms. The second-order valence-corrected chi connectivity index (χ2v) is 0. The maximum Gasteiger partial charge on any atom is 1.00 e. The fourth-order valence-corrected chi connectivity index (χ4v) is 0. The molecule has 0 fully saturated rings. The summed E-state index contributed by atoms with van der Waals surface area (Å²) in [7, 11) is 0. The van der Waals surface area contributed by atoms with Crippen LogP contribution in [0.2, 0.25) is 0 Å². The molecule has 0 rings (SSSR count). The van der Waals surface area contributed by atoms with E-state index in [2.05, 4.69) is 0 Å². The zero-order valence-electron chi connectivity index (χ0n) is 4.95. The number of hydrogen-bond acceptors (Lipinski definition) is 1. The van der Waals surface area contributed by atoms with Crippen LogP contribution in [0.3, 0.4) is 0 Å². The zero-order chi connectivity index (χ0) is 0. The fourth-order valence-electron chi connectivity index (χ4n) is 0. The van der Waals surface area contributed by atoms with Gasteiger partial charge >= 0.3 is 59.1 Å². The Balaban J connectivity index is 0. The average molecular weight is 169 g/mol. The summed E-state index contributed by atoms with van der Waals surface area (Å²) >= 11 is 0. The Morgan fingerprint density at radius 3 is 0.375 bits per heavy atom. The Labute approximate surface area is 98.8 Å². The van der Waals surface area contributed by atoms with E-state index in [1.54, 1.807) is 0 Å². The normalized spacial score (nSPS) is 0. The van der Waals surface area contributed by atoms with Gasteiger partial charge in [0, 0.05) is 0 Å². The van der Waals surface area contributed by atoms with Gasteiger partial charge in [-0.3, -0.25) is 0 Å². The van der Waals surface area contributed by atoms with E-state index in [1.165, 1.54) is 0 Å². The van der Waals surface area contributed by atoms with E-state index in [4.69, 9.17) is 0 Å². The second kappa shape index (κ2) is 131. The smallest absolute Gasteiger partial charge is 0.813 e. The molecule has 0 spiro atoms. The summed E-state index contributed by atoms with van der Waals surface area (Å²) < 4.78 is 0. The predicted octanol–water partition coefficient (Wildman–Crippen LogP) is -10.4. The van der Waals surface area contributed by atoms with E-state index >= 15 is 0 Å². The predicted molar refractivity (Wildman–Crippen MR) is 26.8 cm³/mol. The van der Waals surface area contributed by atoms with Crippen molar-refractivity contribution in [1.82, 2.24) is 0 Å². The number of hydrogen-bond donors (Lipinski definition) is 0. The van der Waals surface area contributed by atoms with Crippen molar-refractivity contribution in [2.24, 2.45) is 0 Å². The molecule has 5 nitrogen and oxygen atoms in total. The van der Waals surface area contributed by atoms with E-state index in [-0.39, 0.29) is 100.0 Å². The Hall–Kier alpha value is 2.15. The first-order valence-electron chi connectivity index (χ1n) is 0. The first-order chi connectivity index (χ1) is 0. The summed E-state index contributed by atoms with van der Waals surface area (Å²) in [4.78, 5) is 0. The van der Waals surface area contributed by atoms with Crippen molar-refractivity contribution in [3.63, 3.8) is 0 Å². The molecule has 0 aromatic carbocycles. The molecule has 0 radical (unpaired) electrons. The molecule has 10 N–H and O–H groups in total. The average Bonchev–Trinajstić information content (AvgIpc) is 0. The van der Waals surface area contributed by atoms with Gasteiger partial charge in [0.1, 0.15) is 0 Å². The van der Waals surface area contributed by atoms with Crippen LogP contribution in [0.4, 0.5) is 0 Å². The molecular weight excluding hydrogens is 158 g/mol. The molecule has 0 aliphatic rings. The zero-order valence-corrected chi connectivity index (χ0v) is 9.84. The monoisotopic (exact) mass is 169 g/mol. The maximum atomic E-state index is 0. The minimum Gasteiger partial charge on any atom is -0.813 e. The minimum atomic E-state index is 0. The molecular formula is H11Na2O5S+. The molecule has 0 atom stereocenters. The van der Waals surface area contributed by atoms with Crippen LogP contribution in [0.5, 0.6) is 0 Å². The summed E-state index contributed by atoms with van der Waals surface area (Å²) in [6.45, 7) is 0. The van der Waals surface area contributed by atoms with Crippen molar-refractivity contribution in [1.29, 1.82) is 0 Å². The van der Waals surface area contributed by atoms with Crippen LogP contribution in [-0.2, 0) is 13.5 Å². The summed E-state index contributed by atoms with van der Waals surface area (Å²) in [5.41, 5.74) is 0. The Bertz CT molecular complexity index is 10.4. The molecule has 48 valence electrons. The van der Waals surface area contributed by atoms with Crippen LogP contribution in [0.25, 0.3) is 0 Å². The number of rotatable bonds is 0. The van der Waals surface area contributed by atoms with Gasteiger partial charge in [0.2, 0.25) is 0 Å². The van der Waals surface area contributed by atoms with Gasteiger partial charge in [0.15, 0.2) is 0 Å². The standard InChI is InChI=1S/2Na.5H2O.H2S/h;;6*1H2/q2*+1;;;;;;/p-1. The minimum absolute atomic E-state index is 0. The van der Waals surface area contributed by atoms with Crippen molar-refractivity contribution in [3.05, 3.63) is 0 Å². The molecule has 0 bridgehead atoms. The van der Waals surface area contributed by atoms with Gasteiger partial charge in [-0.15, -0.1) is 0 Å². The van der Waals surface area contributed by atoms with E-state index in [0.717, 1.165) is 0 Å². The van der Waals surface area contributed by atoms with Crippen LogP contribution in [0.15, 0.2) is 0 Å². The molecule has 0 amide bonds. The van der Waals surface area contributed by atoms with Gasteiger partial charge in [-0.05, 0) is 0 Å². The molecule has 0 aromatic rings. The molecule has 0 aromatic heterocycles. The van der Waals surface area contributed by atoms with Gasteiger partial charge in [0.25, 0.3) is 0 Å². The Morgan fingerprint density at radius 1 is 0.375 bits per heavy atom. The van der Waals surface area contributed by atoms with E-state index in [1.807, 2.05) is 0 Å². The van der Waals surface area contributed by atoms with E-state index in [9.17, 15) is 0 Å². The van der Waals surface area contributed by atoms with E-state index in [0.29, 0.717) is 0 Å². The molecule has 0 aliphatic heterocycles. The third-order valence-corrected chi connectivity index (χ3v) is 0. The van der Waals surface area contributed by atoms with E-state index < -0.39 is 0 Å². The molecule has 0 saturated heterocycles. The topological polar surface area (TPSA) is 158 Å². The van der Waals surface area contributed by atoms with Gasteiger partial charge in [0.05, 0.1) is 0 Å². The summed E-state index contributed by atoms with van der Waals surface area (Å²) in [6, 6.07) is 0. The fraction of sp³-hybridized carbons (Fsp3) is 0. The van der Waals surface area contributed by atoms with Crippen molar-refractivity contribution in [3.8, 4) is 0 Å². The van der Waals surface area contributed by atoms with Crippen molar-refractivity contribution >= 4 is 13.5 Å². The third kappa shape index (κ3) is 90.1. The number of thiol groups is 1. The molecule has 0 heterocycles. The first-order valence-corrected chi connectivity index (χ1v) is 0. The largest absolute Gasteiger partial charge is 1.00 e. The molecule has 0 aliphatic carbocycles. The quantitative estimate of drug-likeness (QED) is 0.197.